The third-order valence-electron chi connectivity index (χ3n) is 3.26. The van der Waals surface area contributed by atoms with E-state index in [1.54, 1.807) is 4.90 Å². The SMILES string of the molecule is CC(C)(C)OC(=O)N1CCC2(CC1)OCC(CCl)O2. The van der Waals surface area contributed by atoms with Gasteiger partial charge in [0.1, 0.15) is 5.60 Å². The fourth-order valence-electron chi connectivity index (χ4n) is 2.31. The molecule has 6 heteroatoms. The average Bonchev–Trinajstić information content (AvgIpc) is 2.71. The third kappa shape index (κ3) is 3.74. The quantitative estimate of drug-likeness (QED) is 0.696. The lowest BCUT2D eigenvalue weighted by molar-refractivity contribution is -0.191. The summed E-state index contributed by atoms with van der Waals surface area (Å²) in [6.45, 7) is 7.31. The maximum atomic E-state index is 11.9. The van der Waals surface area contributed by atoms with E-state index in [2.05, 4.69) is 0 Å². The maximum absolute atomic E-state index is 11.9. The number of piperidine rings is 1. The van der Waals surface area contributed by atoms with Crippen LogP contribution in [0, 0.1) is 0 Å². The van der Waals surface area contributed by atoms with Crippen molar-refractivity contribution in [3.05, 3.63) is 0 Å². The molecule has 2 aliphatic heterocycles. The van der Waals surface area contributed by atoms with E-state index >= 15 is 0 Å². The second-order valence-electron chi connectivity index (χ2n) is 6.08. The Kier molecular flexibility index (Phi) is 4.28. The van der Waals surface area contributed by atoms with Crippen LogP contribution in [0.3, 0.4) is 0 Å². The summed E-state index contributed by atoms with van der Waals surface area (Å²) in [7, 11) is 0. The predicted octanol–water partition coefficient (Wildman–Crippen LogP) is 2.37. The second-order valence-corrected chi connectivity index (χ2v) is 6.39. The summed E-state index contributed by atoms with van der Waals surface area (Å²) in [5.41, 5.74) is -0.462. The van der Waals surface area contributed by atoms with Gasteiger partial charge in [-0.15, -0.1) is 11.6 Å². The predicted molar refractivity (Wildman–Crippen MR) is 71.3 cm³/mol. The minimum atomic E-state index is -0.544. The van der Waals surface area contributed by atoms with Gasteiger partial charge in [0.05, 0.1) is 18.6 Å². The molecule has 0 aliphatic carbocycles. The molecule has 1 atom stereocenters. The van der Waals surface area contributed by atoms with E-state index in [1.165, 1.54) is 0 Å². The maximum Gasteiger partial charge on any atom is 0.410 e. The van der Waals surface area contributed by atoms with Gasteiger partial charge in [-0.1, -0.05) is 0 Å². The molecule has 1 spiro atoms. The first-order chi connectivity index (χ1) is 8.84. The van der Waals surface area contributed by atoms with Gasteiger partial charge in [-0.05, 0) is 20.8 Å². The van der Waals surface area contributed by atoms with Gasteiger partial charge in [0.15, 0.2) is 5.79 Å². The van der Waals surface area contributed by atoms with E-state index in [-0.39, 0.29) is 12.2 Å². The molecule has 19 heavy (non-hydrogen) atoms. The van der Waals surface area contributed by atoms with Crippen molar-refractivity contribution in [1.82, 2.24) is 4.90 Å². The Balaban J connectivity index is 1.84. The number of likely N-dealkylation sites (tertiary alicyclic amines) is 1. The Labute approximate surface area is 119 Å². The Morgan fingerprint density at radius 2 is 2.05 bits per heavy atom. The molecule has 0 saturated carbocycles. The molecule has 0 aromatic rings. The molecule has 2 rings (SSSR count). The summed E-state index contributed by atoms with van der Waals surface area (Å²) in [5.74, 6) is -0.102. The number of ether oxygens (including phenoxy) is 3. The summed E-state index contributed by atoms with van der Waals surface area (Å²) in [4.78, 5) is 13.6. The lowest BCUT2D eigenvalue weighted by atomic mass is 10.0. The average molecular weight is 292 g/mol. The fraction of sp³-hybridized carbons (Fsp3) is 0.923. The van der Waals surface area contributed by atoms with Gasteiger partial charge in [0, 0.05) is 25.9 Å². The van der Waals surface area contributed by atoms with Gasteiger partial charge >= 0.3 is 6.09 Å². The topological polar surface area (TPSA) is 48.0 Å². The van der Waals surface area contributed by atoms with Gasteiger partial charge in [0.2, 0.25) is 0 Å². The zero-order valence-corrected chi connectivity index (χ0v) is 12.5. The van der Waals surface area contributed by atoms with E-state index < -0.39 is 11.4 Å². The van der Waals surface area contributed by atoms with Crippen LogP contribution >= 0.6 is 11.6 Å². The van der Waals surface area contributed by atoms with Crippen molar-refractivity contribution in [2.75, 3.05) is 25.6 Å². The molecule has 0 aromatic carbocycles. The number of amides is 1. The first kappa shape index (κ1) is 14.9. The van der Waals surface area contributed by atoms with Crippen LogP contribution < -0.4 is 0 Å². The summed E-state index contributed by atoms with van der Waals surface area (Å²) in [5, 5.41) is 0. The van der Waals surface area contributed by atoms with Crippen LogP contribution in [-0.4, -0.2) is 54.1 Å². The monoisotopic (exact) mass is 291 g/mol. The lowest BCUT2D eigenvalue weighted by Gasteiger charge is -2.38. The van der Waals surface area contributed by atoms with Crippen LogP contribution in [-0.2, 0) is 14.2 Å². The minimum Gasteiger partial charge on any atom is -0.444 e. The van der Waals surface area contributed by atoms with E-state index in [0.717, 1.165) is 0 Å². The van der Waals surface area contributed by atoms with Crippen LogP contribution in [0.4, 0.5) is 4.79 Å². The highest BCUT2D eigenvalue weighted by molar-refractivity contribution is 6.18. The van der Waals surface area contributed by atoms with Crippen LogP contribution in [0.25, 0.3) is 0 Å². The standard InChI is InChI=1S/C13H22ClNO4/c1-12(2,3)19-11(16)15-6-4-13(5-7-15)17-9-10(8-14)18-13/h10H,4-9H2,1-3H3. The van der Waals surface area contributed by atoms with Gasteiger partial charge in [-0.25, -0.2) is 4.79 Å². The number of nitrogens with zero attached hydrogens (tertiary/aromatic N) is 1. The lowest BCUT2D eigenvalue weighted by Crippen LogP contribution is -2.48. The van der Waals surface area contributed by atoms with Crippen LogP contribution in [0.1, 0.15) is 33.6 Å². The Morgan fingerprint density at radius 3 is 2.53 bits per heavy atom. The van der Waals surface area contributed by atoms with Crippen LogP contribution in [0.15, 0.2) is 0 Å². The summed E-state index contributed by atoms with van der Waals surface area (Å²) in [6.07, 6.45) is 1.03. The number of carbonyl (C=O) groups excluding carboxylic acids is 1. The van der Waals surface area contributed by atoms with E-state index in [9.17, 15) is 4.79 Å². The van der Waals surface area contributed by atoms with Crippen LogP contribution in [0.2, 0.25) is 0 Å². The number of rotatable bonds is 1. The summed E-state index contributed by atoms with van der Waals surface area (Å²) < 4.78 is 16.9. The highest BCUT2D eigenvalue weighted by Gasteiger charge is 2.44. The molecule has 0 aromatic heterocycles. The largest absolute Gasteiger partial charge is 0.444 e. The zero-order valence-electron chi connectivity index (χ0n) is 11.8. The number of carbonyl (C=O) groups is 1. The molecule has 5 nitrogen and oxygen atoms in total. The van der Waals surface area contributed by atoms with Crippen molar-refractivity contribution in [3.8, 4) is 0 Å². The van der Waals surface area contributed by atoms with Crippen molar-refractivity contribution in [2.24, 2.45) is 0 Å². The normalized spacial score (nSPS) is 26.7. The molecule has 1 unspecified atom stereocenters. The molecule has 0 N–H and O–H groups in total. The zero-order chi connectivity index (χ0) is 14.1. The Hall–Kier alpha value is -0.520. The molecule has 1 amide bonds. The molecule has 2 fully saturated rings. The Bertz CT molecular complexity index is 334. The molecular formula is C13H22ClNO4. The molecule has 0 radical (unpaired) electrons. The van der Waals surface area contributed by atoms with E-state index in [4.69, 9.17) is 25.8 Å². The number of hydrogen-bond acceptors (Lipinski definition) is 4. The smallest absolute Gasteiger partial charge is 0.410 e. The fourth-order valence-corrected chi connectivity index (χ4v) is 2.46. The first-order valence-electron chi connectivity index (χ1n) is 6.69. The van der Waals surface area contributed by atoms with Crippen molar-refractivity contribution >= 4 is 17.7 Å². The molecular weight excluding hydrogens is 270 g/mol. The number of hydrogen-bond donors (Lipinski definition) is 0. The van der Waals surface area contributed by atoms with Gasteiger partial charge in [0.25, 0.3) is 0 Å². The highest BCUT2D eigenvalue weighted by Crippen LogP contribution is 2.34. The van der Waals surface area contributed by atoms with Gasteiger partial charge in [-0.3, -0.25) is 0 Å². The molecule has 110 valence electrons. The molecule has 2 heterocycles. The first-order valence-corrected chi connectivity index (χ1v) is 7.23. The number of halogens is 1. The van der Waals surface area contributed by atoms with E-state index in [0.29, 0.717) is 38.4 Å². The van der Waals surface area contributed by atoms with Crippen molar-refractivity contribution in [3.63, 3.8) is 0 Å². The molecule has 0 bridgehead atoms. The molecule has 2 aliphatic rings. The summed E-state index contributed by atoms with van der Waals surface area (Å²) in [6, 6.07) is 0. The van der Waals surface area contributed by atoms with Crippen LogP contribution in [0.5, 0.6) is 0 Å². The summed E-state index contributed by atoms with van der Waals surface area (Å²) >= 11 is 5.77. The Morgan fingerprint density at radius 1 is 1.42 bits per heavy atom. The van der Waals surface area contributed by atoms with E-state index in [1.807, 2.05) is 20.8 Å². The van der Waals surface area contributed by atoms with Crippen molar-refractivity contribution in [2.45, 2.75) is 51.1 Å². The van der Waals surface area contributed by atoms with Gasteiger partial charge in [-0.2, -0.15) is 0 Å². The van der Waals surface area contributed by atoms with Crippen molar-refractivity contribution in [1.29, 1.82) is 0 Å². The highest BCUT2D eigenvalue weighted by atomic mass is 35.5. The number of alkyl halides is 1. The molecule has 2 saturated heterocycles. The van der Waals surface area contributed by atoms with Gasteiger partial charge < -0.3 is 19.1 Å². The minimum absolute atomic E-state index is 0.0326. The van der Waals surface area contributed by atoms with Crippen molar-refractivity contribution < 1.29 is 19.0 Å². The second kappa shape index (κ2) is 5.46. The third-order valence-corrected chi connectivity index (χ3v) is 3.61.